The fourth-order valence-electron chi connectivity index (χ4n) is 5.71. The second-order valence-corrected chi connectivity index (χ2v) is 12.1. The zero-order valence-corrected chi connectivity index (χ0v) is 23.0. The van der Waals surface area contributed by atoms with Gasteiger partial charge in [-0.1, -0.05) is 0 Å². The zero-order chi connectivity index (χ0) is 28.8. The number of Topliss-reactive ketones (excluding diaryl/α,β-unsaturated/α-hetero) is 1. The molecule has 3 aliphatic rings. The molecule has 2 saturated carbocycles. The largest absolute Gasteiger partial charge is 0.415 e. The second kappa shape index (κ2) is 11.1. The number of nitrogens with zero attached hydrogens (tertiary/aromatic N) is 5. The van der Waals surface area contributed by atoms with Crippen molar-refractivity contribution >= 4 is 34.8 Å². The Morgan fingerprint density at radius 2 is 1.95 bits per heavy atom. The Kier molecular flexibility index (Phi) is 7.47. The van der Waals surface area contributed by atoms with E-state index in [4.69, 9.17) is 0 Å². The number of rotatable bonds is 10. The molecular weight excluding hydrogens is 566 g/mol. The molecule has 220 valence electrons. The molecule has 0 saturated heterocycles. The lowest BCUT2D eigenvalue weighted by Gasteiger charge is -2.31. The van der Waals surface area contributed by atoms with Gasteiger partial charge < -0.3 is 15.4 Å². The number of amides is 1. The van der Waals surface area contributed by atoms with Crippen LogP contribution in [0.25, 0.3) is 0 Å². The van der Waals surface area contributed by atoms with E-state index in [2.05, 4.69) is 30.7 Å². The van der Waals surface area contributed by atoms with Crippen LogP contribution in [-0.4, -0.2) is 61.2 Å². The van der Waals surface area contributed by atoms with Gasteiger partial charge in [-0.15, -0.1) is 26.6 Å². The average molecular weight is 596 g/mol. The van der Waals surface area contributed by atoms with E-state index in [1.165, 1.54) is 22.1 Å². The maximum absolute atomic E-state index is 13.5. The number of aromatic nitrogens is 5. The first kappa shape index (κ1) is 27.7. The van der Waals surface area contributed by atoms with Gasteiger partial charge in [0, 0.05) is 47.3 Å². The number of hydrogen-bond acceptors (Lipinski definition) is 8. The van der Waals surface area contributed by atoms with Crippen molar-refractivity contribution in [3.05, 3.63) is 33.3 Å². The van der Waals surface area contributed by atoms with E-state index in [9.17, 15) is 27.2 Å². The summed E-state index contributed by atoms with van der Waals surface area (Å²) in [5, 5.41) is 18.1. The normalized spacial score (nSPS) is 25.3. The quantitative estimate of drug-likeness (QED) is 0.337. The summed E-state index contributed by atoms with van der Waals surface area (Å²) >= 11 is 1.45. The van der Waals surface area contributed by atoms with E-state index in [1.54, 1.807) is 13.4 Å². The number of carbonyl (C=O) groups excluding carboxylic acids is 2. The highest BCUT2D eigenvalue weighted by molar-refractivity contribution is 7.12. The molecule has 1 amide bonds. The Labute approximate surface area is 236 Å². The predicted octanol–water partition coefficient (Wildman–Crippen LogP) is 4.24. The maximum atomic E-state index is 13.5. The molecule has 2 fully saturated rings. The van der Waals surface area contributed by atoms with Crippen molar-refractivity contribution in [2.75, 3.05) is 5.32 Å². The zero-order valence-electron chi connectivity index (χ0n) is 22.2. The van der Waals surface area contributed by atoms with Crippen LogP contribution in [0.4, 0.5) is 29.3 Å². The minimum atomic E-state index is -3.01. The number of anilines is 2. The lowest BCUT2D eigenvalue weighted by Crippen LogP contribution is -2.45. The van der Waals surface area contributed by atoms with Gasteiger partial charge in [-0.25, -0.2) is 13.5 Å². The fraction of sp³-hybridized carbons (Fsp3) is 0.577. The van der Waals surface area contributed by atoms with Gasteiger partial charge in [0.05, 0.1) is 5.56 Å². The van der Waals surface area contributed by atoms with E-state index in [0.29, 0.717) is 41.5 Å². The van der Waals surface area contributed by atoms with Crippen LogP contribution < -0.4 is 15.4 Å². The van der Waals surface area contributed by atoms with E-state index in [1.807, 2.05) is 4.57 Å². The third-order valence-electron chi connectivity index (χ3n) is 8.10. The number of halogens is 4. The summed E-state index contributed by atoms with van der Waals surface area (Å²) in [7, 11) is 1.57. The first-order chi connectivity index (χ1) is 19.6. The lowest BCUT2D eigenvalue weighted by molar-refractivity contribution is -0.126. The molecule has 15 heteroatoms. The Morgan fingerprint density at radius 3 is 2.66 bits per heavy atom. The van der Waals surface area contributed by atoms with Crippen molar-refractivity contribution in [3.8, 4) is 5.88 Å². The molecule has 0 aliphatic heterocycles. The highest BCUT2D eigenvalue weighted by Crippen LogP contribution is 2.41. The number of ketones is 1. The molecule has 3 heterocycles. The second-order valence-electron chi connectivity index (χ2n) is 10.9. The van der Waals surface area contributed by atoms with Gasteiger partial charge in [0.1, 0.15) is 30.3 Å². The van der Waals surface area contributed by atoms with Gasteiger partial charge in [0.25, 0.3) is 5.91 Å². The Balaban J connectivity index is 1.24. The third kappa shape index (κ3) is 5.68. The van der Waals surface area contributed by atoms with Crippen LogP contribution in [0.3, 0.4) is 0 Å². The molecule has 3 aliphatic carbocycles. The summed E-state index contributed by atoms with van der Waals surface area (Å²) in [5.41, 5.74) is 1.30. The number of alkyl halides is 4. The highest BCUT2D eigenvalue weighted by atomic mass is 32.1. The molecule has 6 rings (SSSR count). The summed E-state index contributed by atoms with van der Waals surface area (Å²) in [6.07, 6.45) is 2.57. The van der Waals surface area contributed by atoms with Crippen molar-refractivity contribution in [2.24, 2.45) is 13.0 Å². The summed E-state index contributed by atoms with van der Waals surface area (Å²) in [6.45, 7) is -3.01. The minimum Gasteiger partial charge on any atom is -0.415 e. The Bertz CT molecular complexity index is 1440. The molecular formula is C26H29F4N7O3S. The first-order valence-electron chi connectivity index (χ1n) is 13.5. The number of thiophene rings is 1. The third-order valence-corrected chi connectivity index (χ3v) is 9.39. The topological polar surface area (TPSA) is 116 Å². The molecule has 0 aromatic carbocycles. The average Bonchev–Trinajstić information content (AvgIpc) is 3.57. The van der Waals surface area contributed by atoms with Gasteiger partial charge in [-0.05, 0) is 50.5 Å². The molecule has 0 radical (unpaired) electrons. The van der Waals surface area contributed by atoms with Gasteiger partial charge in [0.15, 0.2) is 0 Å². The number of nitrogens with one attached hydrogen (secondary N) is 2. The molecule has 3 aromatic rings. The van der Waals surface area contributed by atoms with Gasteiger partial charge in [-0.2, -0.15) is 8.78 Å². The van der Waals surface area contributed by atoms with Gasteiger partial charge in [-0.3, -0.25) is 14.2 Å². The summed E-state index contributed by atoms with van der Waals surface area (Å²) in [6, 6.07) is 0.929. The fourth-order valence-corrected chi connectivity index (χ4v) is 7.06. The van der Waals surface area contributed by atoms with Crippen LogP contribution in [0.15, 0.2) is 12.4 Å². The van der Waals surface area contributed by atoms with Crippen molar-refractivity contribution in [1.82, 2.24) is 29.9 Å². The summed E-state index contributed by atoms with van der Waals surface area (Å²) in [5.74, 6) is -0.229. The number of fused-ring (bicyclic) bond motifs is 1. The molecule has 1 atom stereocenters. The number of aryl methyl sites for hydroxylation is 2. The molecule has 41 heavy (non-hydrogen) atoms. The van der Waals surface area contributed by atoms with Crippen LogP contribution in [-0.2, 0) is 31.1 Å². The summed E-state index contributed by atoms with van der Waals surface area (Å²) < 4.78 is 59.6. The number of ether oxygens (including phenoxy) is 1. The van der Waals surface area contributed by atoms with Crippen LogP contribution in [0, 0.1) is 5.92 Å². The smallest absolute Gasteiger partial charge is 0.388 e. The van der Waals surface area contributed by atoms with Crippen molar-refractivity contribution in [3.63, 3.8) is 0 Å². The highest BCUT2D eigenvalue weighted by Gasteiger charge is 2.38. The molecule has 0 unspecified atom stereocenters. The van der Waals surface area contributed by atoms with E-state index in [-0.39, 0.29) is 67.7 Å². The number of hydrogen-bond donors (Lipinski definition) is 2. The number of carbonyl (C=O) groups is 2. The van der Waals surface area contributed by atoms with E-state index in [0.717, 1.165) is 10.4 Å². The first-order valence-corrected chi connectivity index (χ1v) is 14.4. The molecule has 10 nitrogen and oxygen atoms in total. The van der Waals surface area contributed by atoms with Crippen LogP contribution >= 0.6 is 11.3 Å². The van der Waals surface area contributed by atoms with Crippen LogP contribution in [0.2, 0.25) is 0 Å². The SMILES string of the molecule is Cn1nc(OC(F)F)cc1Nc1nncn1[C@H]1CCc2sc(CC(=O)C3CC(F)C3)c(C(=O)NC3CC(F)C3)c2C1. The van der Waals surface area contributed by atoms with Crippen LogP contribution in [0.1, 0.15) is 63.8 Å². The monoisotopic (exact) mass is 595 g/mol. The minimum absolute atomic E-state index is 0.0628. The van der Waals surface area contributed by atoms with Crippen molar-refractivity contribution < 1.29 is 31.9 Å². The van der Waals surface area contributed by atoms with Crippen LogP contribution in [0.5, 0.6) is 5.88 Å². The molecule has 3 aromatic heterocycles. The van der Waals surface area contributed by atoms with E-state index >= 15 is 0 Å². The van der Waals surface area contributed by atoms with Crippen molar-refractivity contribution in [2.45, 2.75) is 82.4 Å². The Morgan fingerprint density at radius 1 is 1.20 bits per heavy atom. The Hall–Kier alpha value is -3.49. The molecule has 0 bridgehead atoms. The standard InChI is InChI=1S/C26H29F4N7O3S/c1-36-21(10-22(35-36)40-25(29)30)33-26-34-31-11-37(26)16-2-3-19-17(8-16)23(24(39)32-15-6-14(28)7-15)20(41-19)9-18(38)12-4-13(27)5-12/h10-16,25H,2-9H2,1H3,(H,32,39)(H,33,34)/t12?,13?,14?,15?,16-/m0/s1. The van der Waals surface area contributed by atoms with E-state index < -0.39 is 19.0 Å². The maximum Gasteiger partial charge on any atom is 0.388 e. The predicted molar refractivity (Wildman–Crippen MR) is 140 cm³/mol. The lowest BCUT2D eigenvalue weighted by atomic mass is 9.79. The van der Waals surface area contributed by atoms with Crippen molar-refractivity contribution in [1.29, 1.82) is 0 Å². The summed E-state index contributed by atoms with van der Waals surface area (Å²) in [4.78, 5) is 28.1. The molecule has 0 spiro atoms. The van der Waals surface area contributed by atoms with Gasteiger partial charge in [0.2, 0.25) is 11.8 Å². The van der Waals surface area contributed by atoms with Gasteiger partial charge >= 0.3 is 6.61 Å². The molecule has 2 N–H and O–H groups in total.